The highest BCUT2D eigenvalue weighted by Crippen LogP contribution is 2.31. The Labute approximate surface area is 159 Å². The number of carbonyl (C=O) groups is 1. The zero-order valence-corrected chi connectivity index (χ0v) is 15.8. The van der Waals surface area contributed by atoms with Crippen molar-refractivity contribution in [2.24, 2.45) is 0 Å². The Morgan fingerprint density at radius 1 is 1.30 bits per heavy atom. The molecule has 6 nitrogen and oxygen atoms in total. The van der Waals surface area contributed by atoms with Gasteiger partial charge in [0.1, 0.15) is 0 Å². The first-order valence-corrected chi connectivity index (χ1v) is 9.37. The highest BCUT2D eigenvalue weighted by molar-refractivity contribution is 5.96. The second-order valence-corrected chi connectivity index (χ2v) is 6.99. The van der Waals surface area contributed by atoms with Gasteiger partial charge < -0.3 is 5.32 Å². The van der Waals surface area contributed by atoms with Gasteiger partial charge in [0.15, 0.2) is 0 Å². The van der Waals surface area contributed by atoms with Crippen molar-refractivity contribution in [1.29, 1.82) is 0 Å². The monoisotopic (exact) mass is 367 g/mol. The zero-order chi connectivity index (χ0) is 19.4. The van der Waals surface area contributed by atoms with E-state index in [0.29, 0.717) is 23.7 Å². The summed E-state index contributed by atoms with van der Waals surface area (Å²) in [5.41, 5.74) is 2.59. The quantitative estimate of drug-likeness (QED) is 0.623. The molecule has 0 saturated carbocycles. The Balaban J connectivity index is 1.79. The molecule has 1 aliphatic rings. The van der Waals surface area contributed by atoms with Crippen LogP contribution < -0.4 is 5.32 Å². The second-order valence-electron chi connectivity index (χ2n) is 6.99. The third-order valence-corrected chi connectivity index (χ3v) is 5.19. The number of amides is 1. The number of hydrogen-bond donors (Lipinski definition) is 1. The van der Waals surface area contributed by atoms with Crippen LogP contribution in [0.4, 0.5) is 5.69 Å². The van der Waals surface area contributed by atoms with E-state index in [9.17, 15) is 14.9 Å². The lowest BCUT2D eigenvalue weighted by atomic mass is 10.00. The van der Waals surface area contributed by atoms with E-state index in [1.54, 1.807) is 12.1 Å². The number of nitrogens with zero attached hydrogens (tertiary/aromatic N) is 2. The molecule has 0 radical (unpaired) electrons. The van der Waals surface area contributed by atoms with E-state index in [2.05, 4.69) is 17.1 Å². The summed E-state index contributed by atoms with van der Waals surface area (Å²) in [7, 11) is 0. The van der Waals surface area contributed by atoms with Gasteiger partial charge in [-0.2, -0.15) is 0 Å². The van der Waals surface area contributed by atoms with E-state index in [1.165, 1.54) is 6.07 Å². The van der Waals surface area contributed by atoms with Crippen molar-refractivity contribution in [3.8, 4) is 11.1 Å². The summed E-state index contributed by atoms with van der Waals surface area (Å²) in [6, 6.07) is 12.6. The molecule has 0 aromatic heterocycles. The fraction of sp³-hybridized carbons (Fsp3) is 0.381. The summed E-state index contributed by atoms with van der Waals surface area (Å²) in [5.74, 6) is -0.267. The van der Waals surface area contributed by atoms with Crippen LogP contribution in [0.25, 0.3) is 11.1 Å². The van der Waals surface area contributed by atoms with Gasteiger partial charge in [-0.1, -0.05) is 36.8 Å². The molecule has 0 bridgehead atoms. The SMILES string of the molecule is CCN1CCCC1CNC(=O)c1ccc(-c2cccc(C)c2)c([N+](=O)[O-])c1. The lowest BCUT2D eigenvalue weighted by molar-refractivity contribution is -0.384. The van der Waals surface area contributed by atoms with Gasteiger partial charge in [-0.15, -0.1) is 0 Å². The number of nitro groups is 1. The average molecular weight is 367 g/mol. The van der Waals surface area contributed by atoms with Gasteiger partial charge in [0.05, 0.1) is 10.5 Å². The molecule has 6 heteroatoms. The lowest BCUT2D eigenvalue weighted by Gasteiger charge is -2.22. The summed E-state index contributed by atoms with van der Waals surface area (Å²) in [4.78, 5) is 26.0. The van der Waals surface area contributed by atoms with E-state index < -0.39 is 4.92 Å². The second kappa shape index (κ2) is 8.31. The van der Waals surface area contributed by atoms with E-state index in [-0.39, 0.29) is 11.6 Å². The molecular formula is C21H25N3O3. The number of benzene rings is 2. The average Bonchev–Trinajstić information content (AvgIpc) is 3.13. The van der Waals surface area contributed by atoms with Crippen molar-refractivity contribution in [2.45, 2.75) is 32.7 Å². The van der Waals surface area contributed by atoms with Crippen LogP contribution in [-0.4, -0.2) is 41.4 Å². The van der Waals surface area contributed by atoms with E-state index in [0.717, 1.165) is 37.1 Å². The summed E-state index contributed by atoms with van der Waals surface area (Å²) in [6.07, 6.45) is 2.21. The predicted molar refractivity (Wildman–Crippen MR) is 106 cm³/mol. The van der Waals surface area contributed by atoms with Gasteiger partial charge in [0.2, 0.25) is 0 Å². The number of likely N-dealkylation sites (N-methyl/N-ethyl adjacent to an activating group) is 1. The fourth-order valence-corrected chi connectivity index (χ4v) is 3.74. The maximum Gasteiger partial charge on any atom is 0.277 e. The van der Waals surface area contributed by atoms with Crippen LogP contribution >= 0.6 is 0 Å². The highest BCUT2D eigenvalue weighted by atomic mass is 16.6. The standard InChI is InChI=1S/C21H25N3O3/c1-3-23-11-5-8-18(23)14-22-21(25)17-9-10-19(20(13-17)24(26)27)16-7-4-6-15(2)12-16/h4,6-7,9-10,12-13,18H,3,5,8,11,14H2,1-2H3,(H,22,25). The molecular weight excluding hydrogens is 342 g/mol. The number of carbonyl (C=O) groups excluding carboxylic acids is 1. The Morgan fingerprint density at radius 3 is 2.81 bits per heavy atom. The fourth-order valence-electron chi connectivity index (χ4n) is 3.74. The Hall–Kier alpha value is -2.73. The summed E-state index contributed by atoms with van der Waals surface area (Å²) < 4.78 is 0. The molecule has 142 valence electrons. The Kier molecular flexibility index (Phi) is 5.86. The molecule has 1 unspecified atom stereocenters. The number of hydrogen-bond acceptors (Lipinski definition) is 4. The first-order valence-electron chi connectivity index (χ1n) is 9.37. The van der Waals surface area contributed by atoms with Gasteiger partial charge in [-0.3, -0.25) is 19.8 Å². The molecule has 1 amide bonds. The molecule has 3 rings (SSSR count). The maximum atomic E-state index is 12.5. The topological polar surface area (TPSA) is 75.5 Å². The number of nitro benzene ring substituents is 1. The predicted octanol–water partition coefficient (Wildman–Crippen LogP) is 3.78. The van der Waals surface area contributed by atoms with Crippen LogP contribution in [0.1, 0.15) is 35.7 Å². The minimum atomic E-state index is -0.426. The summed E-state index contributed by atoms with van der Waals surface area (Å²) in [5, 5.41) is 14.5. The van der Waals surface area contributed by atoms with Crippen LogP contribution in [0.15, 0.2) is 42.5 Å². The minimum absolute atomic E-state index is 0.0516. The molecule has 1 heterocycles. The van der Waals surface area contributed by atoms with Gasteiger partial charge >= 0.3 is 0 Å². The van der Waals surface area contributed by atoms with Crippen molar-refractivity contribution in [2.75, 3.05) is 19.6 Å². The lowest BCUT2D eigenvalue weighted by Crippen LogP contribution is -2.40. The third kappa shape index (κ3) is 4.34. The molecule has 1 fully saturated rings. The Bertz CT molecular complexity index is 850. The third-order valence-electron chi connectivity index (χ3n) is 5.19. The van der Waals surface area contributed by atoms with Gasteiger partial charge in [0.25, 0.3) is 11.6 Å². The van der Waals surface area contributed by atoms with Crippen molar-refractivity contribution in [1.82, 2.24) is 10.2 Å². The zero-order valence-electron chi connectivity index (χ0n) is 15.8. The summed E-state index contributed by atoms with van der Waals surface area (Å²) in [6.45, 7) is 6.66. The van der Waals surface area contributed by atoms with Crippen molar-refractivity contribution < 1.29 is 9.72 Å². The first-order chi connectivity index (χ1) is 13.0. The number of rotatable bonds is 6. The molecule has 27 heavy (non-hydrogen) atoms. The maximum absolute atomic E-state index is 12.5. The van der Waals surface area contributed by atoms with Crippen LogP contribution in [0.2, 0.25) is 0 Å². The number of aryl methyl sites for hydroxylation is 1. The van der Waals surface area contributed by atoms with Crippen LogP contribution in [0.3, 0.4) is 0 Å². The molecule has 1 saturated heterocycles. The molecule has 0 aliphatic carbocycles. The van der Waals surface area contributed by atoms with Gasteiger partial charge in [0, 0.05) is 24.2 Å². The molecule has 2 aromatic carbocycles. The first kappa shape index (κ1) is 19.0. The van der Waals surface area contributed by atoms with Gasteiger partial charge in [-0.05, 0) is 50.6 Å². The van der Waals surface area contributed by atoms with Crippen molar-refractivity contribution >= 4 is 11.6 Å². The van der Waals surface area contributed by atoms with E-state index >= 15 is 0 Å². The summed E-state index contributed by atoms with van der Waals surface area (Å²) >= 11 is 0. The molecule has 1 aliphatic heterocycles. The highest BCUT2D eigenvalue weighted by Gasteiger charge is 2.24. The normalized spacial score (nSPS) is 17.0. The van der Waals surface area contributed by atoms with E-state index in [4.69, 9.17) is 0 Å². The Morgan fingerprint density at radius 2 is 2.11 bits per heavy atom. The number of likely N-dealkylation sites (tertiary alicyclic amines) is 1. The smallest absolute Gasteiger partial charge is 0.277 e. The van der Waals surface area contributed by atoms with Crippen molar-refractivity contribution in [3.05, 3.63) is 63.7 Å². The van der Waals surface area contributed by atoms with E-state index in [1.807, 2.05) is 31.2 Å². The molecule has 0 spiro atoms. The largest absolute Gasteiger partial charge is 0.350 e. The molecule has 2 aromatic rings. The minimum Gasteiger partial charge on any atom is -0.350 e. The van der Waals surface area contributed by atoms with Crippen LogP contribution in [0.5, 0.6) is 0 Å². The number of nitrogens with one attached hydrogen (secondary N) is 1. The van der Waals surface area contributed by atoms with Crippen LogP contribution in [-0.2, 0) is 0 Å². The molecule has 1 N–H and O–H groups in total. The van der Waals surface area contributed by atoms with Gasteiger partial charge in [-0.25, -0.2) is 0 Å². The van der Waals surface area contributed by atoms with Crippen LogP contribution in [0, 0.1) is 17.0 Å². The molecule has 1 atom stereocenters. The van der Waals surface area contributed by atoms with Crippen molar-refractivity contribution in [3.63, 3.8) is 0 Å².